The first-order valence-corrected chi connectivity index (χ1v) is 7.86. The minimum atomic E-state index is 0.335. The van der Waals surface area contributed by atoms with E-state index in [0.717, 1.165) is 12.3 Å². The van der Waals surface area contributed by atoms with Crippen molar-refractivity contribution in [3.63, 3.8) is 0 Å². The van der Waals surface area contributed by atoms with Crippen molar-refractivity contribution in [3.05, 3.63) is 63.7 Å². The Bertz CT molecular complexity index is 617. The molecule has 118 valence electrons. The van der Waals surface area contributed by atoms with Gasteiger partial charge in [0.1, 0.15) is 5.75 Å². The van der Waals surface area contributed by atoms with Crippen molar-refractivity contribution >= 4 is 0 Å². The van der Waals surface area contributed by atoms with Crippen molar-refractivity contribution in [2.45, 2.75) is 47.2 Å². The number of methoxy groups -OCH3 is 1. The van der Waals surface area contributed by atoms with Gasteiger partial charge in [0.15, 0.2) is 0 Å². The lowest BCUT2D eigenvalue weighted by molar-refractivity contribution is 0.408. The molecule has 0 aliphatic heterocycles. The van der Waals surface area contributed by atoms with Crippen LogP contribution in [-0.2, 0) is 6.54 Å². The molecule has 0 heterocycles. The van der Waals surface area contributed by atoms with Gasteiger partial charge in [-0.05, 0) is 56.9 Å². The molecule has 0 aliphatic rings. The molecule has 0 bridgehead atoms. The van der Waals surface area contributed by atoms with E-state index in [2.05, 4.69) is 70.3 Å². The van der Waals surface area contributed by atoms with E-state index in [1.54, 1.807) is 7.11 Å². The van der Waals surface area contributed by atoms with Crippen molar-refractivity contribution < 1.29 is 4.74 Å². The van der Waals surface area contributed by atoms with Crippen LogP contribution in [0, 0.1) is 27.7 Å². The Morgan fingerprint density at radius 2 is 1.45 bits per heavy atom. The van der Waals surface area contributed by atoms with E-state index < -0.39 is 0 Å². The van der Waals surface area contributed by atoms with E-state index in [1.807, 2.05) is 0 Å². The fraction of sp³-hybridized carbons (Fsp3) is 0.400. The van der Waals surface area contributed by atoms with Gasteiger partial charge in [0.05, 0.1) is 7.11 Å². The Morgan fingerprint density at radius 1 is 0.909 bits per heavy atom. The van der Waals surface area contributed by atoms with Crippen molar-refractivity contribution in [3.8, 4) is 5.75 Å². The Hall–Kier alpha value is -1.80. The molecule has 1 unspecified atom stereocenters. The lowest BCUT2D eigenvalue weighted by atomic mass is 10.0. The van der Waals surface area contributed by atoms with Crippen LogP contribution in [0.25, 0.3) is 0 Å². The third kappa shape index (κ3) is 3.89. The number of hydrogen-bond donors (Lipinski definition) is 1. The van der Waals surface area contributed by atoms with E-state index in [4.69, 9.17) is 4.74 Å². The zero-order chi connectivity index (χ0) is 16.3. The normalized spacial score (nSPS) is 12.3. The van der Waals surface area contributed by atoms with Crippen LogP contribution in [0.2, 0.25) is 0 Å². The second-order valence-corrected chi connectivity index (χ2v) is 6.29. The van der Waals surface area contributed by atoms with Gasteiger partial charge in [-0.15, -0.1) is 0 Å². The highest BCUT2D eigenvalue weighted by atomic mass is 16.5. The molecule has 0 aromatic heterocycles. The maximum atomic E-state index is 5.43. The summed E-state index contributed by atoms with van der Waals surface area (Å²) in [6.07, 6.45) is 0. The van der Waals surface area contributed by atoms with Gasteiger partial charge in [-0.25, -0.2) is 0 Å². The number of hydrogen-bond acceptors (Lipinski definition) is 2. The third-order valence-electron chi connectivity index (χ3n) is 4.08. The Labute approximate surface area is 134 Å². The van der Waals surface area contributed by atoms with Gasteiger partial charge >= 0.3 is 0 Å². The summed E-state index contributed by atoms with van der Waals surface area (Å²) in [5.74, 6) is 0.992. The van der Waals surface area contributed by atoms with Gasteiger partial charge in [0.2, 0.25) is 0 Å². The molecule has 0 saturated heterocycles. The molecule has 0 aliphatic carbocycles. The van der Waals surface area contributed by atoms with E-state index in [-0.39, 0.29) is 0 Å². The number of nitrogens with one attached hydrogen (secondary N) is 1. The highest BCUT2D eigenvalue weighted by Crippen LogP contribution is 2.25. The highest BCUT2D eigenvalue weighted by Gasteiger charge is 2.08. The predicted octanol–water partition coefficient (Wildman–Crippen LogP) is 4.78. The van der Waals surface area contributed by atoms with Crippen molar-refractivity contribution in [1.82, 2.24) is 5.32 Å². The monoisotopic (exact) mass is 297 g/mol. The first kappa shape index (κ1) is 16.6. The van der Waals surface area contributed by atoms with E-state index in [1.165, 1.54) is 33.4 Å². The molecule has 0 amide bonds. The molecule has 1 atom stereocenters. The summed E-state index contributed by atoms with van der Waals surface area (Å²) in [4.78, 5) is 0. The summed E-state index contributed by atoms with van der Waals surface area (Å²) < 4.78 is 5.43. The zero-order valence-electron chi connectivity index (χ0n) is 14.6. The molecule has 0 radical (unpaired) electrons. The van der Waals surface area contributed by atoms with Gasteiger partial charge in [0.25, 0.3) is 0 Å². The summed E-state index contributed by atoms with van der Waals surface area (Å²) in [5, 5.41) is 3.62. The van der Waals surface area contributed by atoms with Gasteiger partial charge in [-0.3, -0.25) is 0 Å². The molecule has 1 N–H and O–H groups in total. The molecule has 2 aromatic carbocycles. The van der Waals surface area contributed by atoms with Crippen LogP contribution in [-0.4, -0.2) is 7.11 Å². The van der Waals surface area contributed by atoms with Crippen LogP contribution in [0.5, 0.6) is 5.75 Å². The van der Waals surface area contributed by atoms with Crippen LogP contribution >= 0.6 is 0 Å². The van der Waals surface area contributed by atoms with Gasteiger partial charge in [-0.2, -0.15) is 0 Å². The van der Waals surface area contributed by atoms with Crippen molar-refractivity contribution in [2.75, 3.05) is 7.11 Å². The maximum Gasteiger partial charge on any atom is 0.124 e. The summed E-state index contributed by atoms with van der Waals surface area (Å²) in [7, 11) is 1.73. The first-order chi connectivity index (χ1) is 10.4. The summed E-state index contributed by atoms with van der Waals surface area (Å²) >= 11 is 0. The summed E-state index contributed by atoms with van der Waals surface area (Å²) in [6.45, 7) is 11.6. The number of rotatable bonds is 5. The van der Waals surface area contributed by atoms with Crippen LogP contribution in [0.4, 0.5) is 0 Å². The average molecular weight is 297 g/mol. The van der Waals surface area contributed by atoms with E-state index >= 15 is 0 Å². The Balaban J connectivity index is 2.09. The molecule has 2 heteroatoms. The minimum absolute atomic E-state index is 0.335. The topological polar surface area (TPSA) is 21.3 Å². The largest absolute Gasteiger partial charge is 0.496 e. The van der Waals surface area contributed by atoms with Gasteiger partial charge in [-0.1, -0.05) is 41.5 Å². The van der Waals surface area contributed by atoms with Crippen LogP contribution in [0.1, 0.15) is 46.3 Å². The van der Waals surface area contributed by atoms with Crippen LogP contribution in [0.3, 0.4) is 0 Å². The fourth-order valence-corrected chi connectivity index (χ4v) is 3.11. The van der Waals surface area contributed by atoms with Crippen LogP contribution < -0.4 is 10.1 Å². The Kier molecular flexibility index (Phi) is 5.25. The van der Waals surface area contributed by atoms with Gasteiger partial charge < -0.3 is 10.1 Å². The SMILES string of the molecule is COc1c(C)cc(CNC(C)c2cc(C)cc(C)c2)cc1C. The predicted molar refractivity (Wildman–Crippen MR) is 93.6 cm³/mol. The smallest absolute Gasteiger partial charge is 0.124 e. The Morgan fingerprint density at radius 3 is 1.95 bits per heavy atom. The third-order valence-corrected chi connectivity index (χ3v) is 4.08. The lowest BCUT2D eigenvalue weighted by Crippen LogP contribution is -2.18. The average Bonchev–Trinajstić information content (AvgIpc) is 2.43. The van der Waals surface area contributed by atoms with Crippen molar-refractivity contribution in [2.24, 2.45) is 0 Å². The molecular formula is C20H27NO. The fourth-order valence-electron chi connectivity index (χ4n) is 3.11. The molecule has 2 nitrogen and oxygen atoms in total. The van der Waals surface area contributed by atoms with E-state index in [0.29, 0.717) is 6.04 Å². The number of aryl methyl sites for hydroxylation is 4. The molecule has 0 spiro atoms. The van der Waals surface area contributed by atoms with Crippen molar-refractivity contribution in [1.29, 1.82) is 0 Å². The highest BCUT2D eigenvalue weighted by molar-refractivity contribution is 5.43. The second kappa shape index (κ2) is 6.97. The zero-order valence-corrected chi connectivity index (χ0v) is 14.6. The molecule has 2 aromatic rings. The number of ether oxygens (including phenoxy) is 1. The van der Waals surface area contributed by atoms with Gasteiger partial charge in [0, 0.05) is 12.6 Å². The van der Waals surface area contributed by atoms with Crippen LogP contribution in [0.15, 0.2) is 30.3 Å². The number of benzene rings is 2. The molecule has 2 rings (SSSR count). The molecule has 0 saturated carbocycles. The lowest BCUT2D eigenvalue weighted by Gasteiger charge is -2.17. The summed E-state index contributed by atoms with van der Waals surface area (Å²) in [6, 6.07) is 11.5. The second-order valence-electron chi connectivity index (χ2n) is 6.29. The quantitative estimate of drug-likeness (QED) is 0.857. The van der Waals surface area contributed by atoms with E-state index in [9.17, 15) is 0 Å². The maximum absolute atomic E-state index is 5.43. The molecular weight excluding hydrogens is 270 g/mol. The summed E-state index contributed by atoms with van der Waals surface area (Å²) in [5.41, 5.74) is 7.67. The standard InChI is InChI=1S/C20H27NO/c1-13-7-14(2)9-19(8-13)17(5)21-12-18-10-15(3)20(22-6)16(4)11-18/h7-11,17,21H,12H2,1-6H3. The molecule has 0 fully saturated rings. The molecule has 22 heavy (non-hydrogen) atoms. The first-order valence-electron chi connectivity index (χ1n) is 7.86. The minimum Gasteiger partial charge on any atom is -0.496 e.